The topological polar surface area (TPSA) is 70.8 Å². The number of hydrogen-bond acceptors (Lipinski definition) is 5. The van der Waals surface area contributed by atoms with Gasteiger partial charge in [0.1, 0.15) is 12.1 Å². The number of cyclic esters (lactones) is 1. The van der Waals surface area contributed by atoms with Crippen molar-refractivity contribution < 1.29 is 32.2 Å². The van der Waals surface area contributed by atoms with Crippen LogP contribution in [-0.4, -0.2) is 43.5 Å². The molecule has 0 bridgehead atoms. The minimum Gasteiger partial charge on any atom is -0.459 e. The number of halogens is 4. The average molecular weight is 452 g/mol. The maximum atomic E-state index is 12.8. The fraction of sp³-hybridized carbons (Fsp3) is 0.667. The van der Waals surface area contributed by atoms with Gasteiger partial charge in [-0.05, 0) is 43.9 Å². The van der Waals surface area contributed by atoms with Gasteiger partial charge in [-0.15, -0.1) is 12.4 Å². The number of alkyl halides is 3. The smallest absolute Gasteiger partial charge is 0.416 e. The SMILES string of the molecule is C[C@@H]1OC(=O)[C@@H](N)COC[C@H](Cc2ccc(C(F)(F)F)cc2)[C@H]1OC1CCCC1.Cl. The number of ether oxygens (including phenoxy) is 3. The van der Waals surface area contributed by atoms with Gasteiger partial charge >= 0.3 is 12.1 Å². The molecule has 4 atom stereocenters. The van der Waals surface area contributed by atoms with E-state index in [1.165, 1.54) is 12.1 Å². The molecule has 2 N–H and O–H groups in total. The Morgan fingerprint density at radius 1 is 1.13 bits per heavy atom. The summed E-state index contributed by atoms with van der Waals surface area (Å²) in [4.78, 5) is 12.1. The van der Waals surface area contributed by atoms with E-state index in [1.54, 1.807) is 6.92 Å². The molecule has 0 aromatic heterocycles. The third-order valence-corrected chi connectivity index (χ3v) is 5.59. The molecule has 0 unspecified atom stereocenters. The van der Waals surface area contributed by atoms with Gasteiger partial charge in [-0.2, -0.15) is 13.2 Å². The monoisotopic (exact) mass is 451 g/mol. The molecule has 2 fully saturated rings. The summed E-state index contributed by atoms with van der Waals surface area (Å²) in [6.45, 7) is 2.09. The van der Waals surface area contributed by atoms with Gasteiger partial charge in [-0.1, -0.05) is 25.0 Å². The van der Waals surface area contributed by atoms with Gasteiger partial charge in [-0.25, -0.2) is 0 Å². The highest BCUT2D eigenvalue weighted by Gasteiger charge is 2.36. The van der Waals surface area contributed by atoms with Gasteiger partial charge in [0.2, 0.25) is 0 Å². The van der Waals surface area contributed by atoms with E-state index in [9.17, 15) is 18.0 Å². The molecule has 0 radical (unpaired) electrons. The van der Waals surface area contributed by atoms with Crippen molar-refractivity contribution >= 4 is 18.4 Å². The summed E-state index contributed by atoms with van der Waals surface area (Å²) in [5.74, 6) is -0.715. The lowest BCUT2D eigenvalue weighted by atomic mass is 9.91. The van der Waals surface area contributed by atoms with E-state index in [2.05, 4.69) is 0 Å². The molecule has 1 aromatic carbocycles. The van der Waals surface area contributed by atoms with Crippen LogP contribution in [0.1, 0.15) is 43.7 Å². The number of nitrogens with two attached hydrogens (primary N) is 1. The number of benzene rings is 1. The summed E-state index contributed by atoms with van der Waals surface area (Å²) in [5, 5.41) is 0. The second-order valence-corrected chi connectivity index (χ2v) is 7.95. The third-order valence-electron chi connectivity index (χ3n) is 5.59. The normalized spacial score (nSPS) is 28.8. The van der Waals surface area contributed by atoms with E-state index in [-0.39, 0.29) is 37.6 Å². The summed E-state index contributed by atoms with van der Waals surface area (Å²) in [6, 6.07) is 4.25. The van der Waals surface area contributed by atoms with Crippen molar-refractivity contribution in [3.05, 3.63) is 35.4 Å². The number of esters is 1. The first-order valence-electron chi connectivity index (χ1n) is 10.1. The lowest BCUT2D eigenvalue weighted by molar-refractivity contribution is -0.163. The van der Waals surface area contributed by atoms with Crippen LogP contribution in [-0.2, 0) is 31.6 Å². The minimum absolute atomic E-state index is 0. The van der Waals surface area contributed by atoms with E-state index in [0.717, 1.165) is 43.4 Å². The van der Waals surface area contributed by atoms with Crippen molar-refractivity contribution in [3.63, 3.8) is 0 Å². The first-order valence-corrected chi connectivity index (χ1v) is 10.1. The zero-order chi connectivity index (χ0) is 21.0. The Kier molecular flexibility index (Phi) is 8.97. The van der Waals surface area contributed by atoms with Crippen molar-refractivity contribution in [1.29, 1.82) is 0 Å². The van der Waals surface area contributed by atoms with Crippen molar-refractivity contribution in [2.24, 2.45) is 11.7 Å². The van der Waals surface area contributed by atoms with E-state index < -0.39 is 36.0 Å². The summed E-state index contributed by atoms with van der Waals surface area (Å²) in [6.07, 6.45) is -0.697. The molecule has 0 spiro atoms. The van der Waals surface area contributed by atoms with Gasteiger partial charge in [0.15, 0.2) is 0 Å². The van der Waals surface area contributed by atoms with E-state index in [4.69, 9.17) is 19.9 Å². The number of carbonyl (C=O) groups is 1. The molecular formula is C21H29ClF3NO4. The first-order chi connectivity index (χ1) is 13.7. The second-order valence-electron chi connectivity index (χ2n) is 7.95. The highest BCUT2D eigenvalue weighted by atomic mass is 35.5. The standard InChI is InChI=1S/C21H28F3NO4.ClH/c1-13-19(29-17-4-2-3-5-17)15(11-27-12-18(25)20(26)28-13)10-14-6-8-16(9-7-14)21(22,23)24;/h6-9,13,15,17-19H,2-5,10-12,25H2,1H3;1H/t13-,15-,18-,19-;/m0./s1. The van der Waals surface area contributed by atoms with Crippen LogP contribution in [0.2, 0.25) is 0 Å². The van der Waals surface area contributed by atoms with Crippen LogP contribution >= 0.6 is 12.4 Å². The Bertz CT molecular complexity index is 680. The van der Waals surface area contributed by atoms with E-state index in [0.29, 0.717) is 6.42 Å². The Balaban J connectivity index is 0.00000320. The lowest BCUT2D eigenvalue weighted by Gasteiger charge is -2.33. The number of rotatable bonds is 4. The fourth-order valence-electron chi connectivity index (χ4n) is 4.01. The predicted octanol–water partition coefficient (Wildman–Crippen LogP) is 3.90. The van der Waals surface area contributed by atoms with Crippen molar-refractivity contribution in [2.45, 2.75) is 69.6 Å². The molecule has 5 nitrogen and oxygen atoms in total. The van der Waals surface area contributed by atoms with Crippen LogP contribution in [0.15, 0.2) is 24.3 Å². The van der Waals surface area contributed by atoms with Crippen LogP contribution in [0.4, 0.5) is 13.2 Å². The Morgan fingerprint density at radius 2 is 1.77 bits per heavy atom. The number of hydrogen-bond donors (Lipinski definition) is 1. The van der Waals surface area contributed by atoms with E-state index >= 15 is 0 Å². The quantitative estimate of drug-likeness (QED) is 0.703. The van der Waals surface area contributed by atoms with Gasteiger partial charge in [-0.3, -0.25) is 4.79 Å². The molecule has 1 heterocycles. The van der Waals surface area contributed by atoms with Gasteiger partial charge in [0.25, 0.3) is 0 Å². The summed E-state index contributed by atoms with van der Waals surface area (Å²) in [5.41, 5.74) is 5.86. The Hall–Kier alpha value is -1.35. The van der Waals surface area contributed by atoms with Gasteiger partial charge in [0.05, 0.1) is 31.0 Å². The Morgan fingerprint density at radius 3 is 2.37 bits per heavy atom. The molecule has 1 saturated heterocycles. The minimum atomic E-state index is -4.37. The maximum absolute atomic E-state index is 12.8. The zero-order valence-corrected chi connectivity index (χ0v) is 17.7. The summed E-state index contributed by atoms with van der Waals surface area (Å²) < 4.78 is 56.0. The molecular weight excluding hydrogens is 423 g/mol. The van der Waals surface area contributed by atoms with Crippen LogP contribution in [0, 0.1) is 5.92 Å². The molecule has 0 amide bonds. The van der Waals surface area contributed by atoms with E-state index in [1.807, 2.05) is 0 Å². The molecule has 1 aromatic rings. The van der Waals surface area contributed by atoms with Crippen LogP contribution in [0.25, 0.3) is 0 Å². The Labute approximate surface area is 180 Å². The predicted molar refractivity (Wildman–Crippen MR) is 107 cm³/mol. The van der Waals surface area contributed by atoms with Gasteiger partial charge < -0.3 is 19.9 Å². The highest BCUT2D eigenvalue weighted by molar-refractivity contribution is 5.85. The largest absolute Gasteiger partial charge is 0.459 e. The molecule has 9 heteroatoms. The van der Waals surface area contributed by atoms with Crippen LogP contribution in [0.5, 0.6) is 0 Å². The maximum Gasteiger partial charge on any atom is 0.416 e. The average Bonchev–Trinajstić information content (AvgIpc) is 3.18. The molecule has 1 saturated carbocycles. The molecule has 1 aliphatic heterocycles. The zero-order valence-electron chi connectivity index (χ0n) is 16.9. The summed E-state index contributed by atoms with van der Waals surface area (Å²) >= 11 is 0. The van der Waals surface area contributed by atoms with Crippen LogP contribution in [0.3, 0.4) is 0 Å². The third kappa shape index (κ3) is 6.57. The second kappa shape index (κ2) is 10.8. The van der Waals surface area contributed by atoms with Crippen molar-refractivity contribution in [1.82, 2.24) is 0 Å². The molecule has 1 aliphatic carbocycles. The molecule has 2 aliphatic rings. The van der Waals surface area contributed by atoms with Crippen molar-refractivity contribution in [2.75, 3.05) is 13.2 Å². The van der Waals surface area contributed by atoms with Crippen molar-refractivity contribution in [3.8, 4) is 0 Å². The highest BCUT2D eigenvalue weighted by Crippen LogP contribution is 2.31. The first kappa shape index (κ1) is 24.9. The summed E-state index contributed by atoms with van der Waals surface area (Å²) in [7, 11) is 0. The molecule has 170 valence electrons. The lowest BCUT2D eigenvalue weighted by Crippen LogP contribution is -2.43. The van der Waals surface area contributed by atoms with Gasteiger partial charge in [0, 0.05) is 5.92 Å². The fourth-order valence-corrected chi connectivity index (χ4v) is 4.01. The van der Waals surface area contributed by atoms with Crippen LogP contribution < -0.4 is 5.73 Å². The molecule has 3 rings (SSSR count). The molecule has 30 heavy (non-hydrogen) atoms. The number of carbonyl (C=O) groups excluding carboxylic acids is 1.